The fourth-order valence-electron chi connectivity index (χ4n) is 2.94. The molecule has 1 unspecified atom stereocenters. The van der Waals surface area contributed by atoms with Crippen LogP contribution in [0.15, 0.2) is 0 Å². The van der Waals surface area contributed by atoms with Crippen LogP contribution in [0.4, 0.5) is 4.79 Å². The van der Waals surface area contributed by atoms with Gasteiger partial charge in [0.05, 0.1) is 6.42 Å². The Morgan fingerprint density at radius 2 is 2.00 bits per heavy atom. The molecule has 0 aliphatic carbocycles. The van der Waals surface area contributed by atoms with Crippen molar-refractivity contribution in [2.24, 2.45) is 5.92 Å². The lowest BCUT2D eigenvalue weighted by molar-refractivity contribution is -0.139. The van der Waals surface area contributed by atoms with E-state index in [1.807, 2.05) is 11.9 Å². The van der Waals surface area contributed by atoms with E-state index in [1.54, 1.807) is 4.90 Å². The van der Waals surface area contributed by atoms with Gasteiger partial charge in [-0.15, -0.1) is 0 Å². The van der Waals surface area contributed by atoms with Gasteiger partial charge in [-0.2, -0.15) is 0 Å². The zero-order chi connectivity index (χ0) is 14.0. The first-order chi connectivity index (χ1) is 8.97. The molecule has 0 spiro atoms. The second-order valence-corrected chi connectivity index (χ2v) is 5.82. The molecule has 2 aliphatic rings. The lowest BCUT2D eigenvalue weighted by atomic mass is 9.96. The number of rotatable bonds is 3. The van der Waals surface area contributed by atoms with E-state index in [0.29, 0.717) is 13.1 Å². The lowest BCUT2D eigenvalue weighted by Gasteiger charge is -2.44. The number of carboxylic acids is 1. The third kappa shape index (κ3) is 3.37. The number of nitrogens with zero attached hydrogens (tertiary/aromatic N) is 3. The summed E-state index contributed by atoms with van der Waals surface area (Å²) >= 11 is 0. The number of aliphatic carboxylic acids is 1. The van der Waals surface area contributed by atoms with Crippen molar-refractivity contribution in [3.63, 3.8) is 0 Å². The molecule has 2 fully saturated rings. The number of carboxylic acid groups (broad SMARTS) is 1. The summed E-state index contributed by atoms with van der Waals surface area (Å²) in [7, 11) is 3.94. The highest BCUT2D eigenvalue weighted by atomic mass is 16.4. The molecule has 6 heteroatoms. The minimum absolute atomic E-state index is 0.0435. The minimum atomic E-state index is -0.778. The van der Waals surface area contributed by atoms with E-state index < -0.39 is 5.97 Å². The van der Waals surface area contributed by atoms with E-state index in [-0.39, 0.29) is 24.4 Å². The maximum absolute atomic E-state index is 12.2. The zero-order valence-electron chi connectivity index (χ0n) is 11.7. The number of carbonyl (C=O) groups excluding carboxylic acids is 1. The van der Waals surface area contributed by atoms with Crippen LogP contribution in [0.5, 0.6) is 0 Å². The number of likely N-dealkylation sites (N-methyl/N-ethyl adjacent to an activating group) is 2. The highest BCUT2D eigenvalue weighted by Crippen LogP contribution is 2.22. The molecule has 0 aromatic carbocycles. The maximum Gasteiger partial charge on any atom is 0.320 e. The molecule has 0 bridgehead atoms. The smallest absolute Gasteiger partial charge is 0.320 e. The quantitative estimate of drug-likeness (QED) is 0.812. The summed E-state index contributed by atoms with van der Waals surface area (Å²) in [5, 5.41) is 8.70. The minimum Gasteiger partial charge on any atom is -0.481 e. The van der Waals surface area contributed by atoms with Crippen LogP contribution in [0.2, 0.25) is 0 Å². The fraction of sp³-hybridized carbons (Fsp3) is 0.846. The Morgan fingerprint density at radius 3 is 2.58 bits per heavy atom. The van der Waals surface area contributed by atoms with E-state index in [9.17, 15) is 9.59 Å². The van der Waals surface area contributed by atoms with Crippen LogP contribution in [-0.4, -0.2) is 78.1 Å². The Hall–Kier alpha value is -1.30. The predicted molar refractivity (Wildman–Crippen MR) is 71.0 cm³/mol. The monoisotopic (exact) mass is 269 g/mol. The average molecular weight is 269 g/mol. The number of carbonyl (C=O) groups is 2. The molecule has 2 heterocycles. The van der Waals surface area contributed by atoms with Crippen molar-refractivity contribution in [2.75, 3.05) is 40.3 Å². The van der Waals surface area contributed by atoms with Crippen LogP contribution in [-0.2, 0) is 4.79 Å². The summed E-state index contributed by atoms with van der Waals surface area (Å²) in [4.78, 5) is 28.7. The van der Waals surface area contributed by atoms with E-state index in [1.165, 1.54) is 0 Å². The molecular formula is C13H23N3O3. The summed E-state index contributed by atoms with van der Waals surface area (Å²) in [6.45, 7) is 3.19. The van der Waals surface area contributed by atoms with Gasteiger partial charge in [-0.25, -0.2) is 4.79 Å². The topological polar surface area (TPSA) is 64.1 Å². The normalized spacial score (nSPS) is 24.9. The Balaban J connectivity index is 1.79. The number of amides is 2. The SMILES string of the molecule is CN1CCCC(N(C)C(=O)N2CC(CC(=O)O)C2)C1. The fourth-order valence-corrected chi connectivity index (χ4v) is 2.94. The number of likely N-dealkylation sites (tertiary alicyclic amines) is 2. The molecule has 1 N–H and O–H groups in total. The van der Waals surface area contributed by atoms with Crippen LogP contribution in [0.1, 0.15) is 19.3 Å². The second kappa shape index (κ2) is 5.77. The van der Waals surface area contributed by atoms with Gasteiger partial charge in [-0.05, 0) is 26.4 Å². The third-order valence-electron chi connectivity index (χ3n) is 4.14. The maximum atomic E-state index is 12.2. The second-order valence-electron chi connectivity index (χ2n) is 5.82. The molecule has 2 saturated heterocycles. The van der Waals surface area contributed by atoms with Crippen molar-refractivity contribution in [3.05, 3.63) is 0 Å². The zero-order valence-corrected chi connectivity index (χ0v) is 11.7. The van der Waals surface area contributed by atoms with Crippen LogP contribution in [0.25, 0.3) is 0 Å². The summed E-state index contributed by atoms with van der Waals surface area (Å²) < 4.78 is 0. The Labute approximate surface area is 114 Å². The molecular weight excluding hydrogens is 246 g/mol. The van der Waals surface area contributed by atoms with E-state index in [2.05, 4.69) is 11.9 Å². The van der Waals surface area contributed by atoms with Gasteiger partial charge in [0.15, 0.2) is 0 Å². The molecule has 0 aromatic heterocycles. The number of urea groups is 1. The molecule has 6 nitrogen and oxygen atoms in total. The molecule has 2 rings (SSSR count). The van der Waals surface area contributed by atoms with Crippen molar-refractivity contribution in [3.8, 4) is 0 Å². The summed E-state index contributed by atoms with van der Waals surface area (Å²) in [6, 6.07) is 0.326. The van der Waals surface area contributed by atoms with Crippen molar-refractivity contribution >= 4 is 12.0 Å². The Morgan fingerprint density at radius 1 is 1.32 bits per heavy atom. The van der Waals surface area contributed by atoms with E-state index >= 15 is 0 Å². The van der Waals surface area contributed by atoms with E-state index in [4.69, 9.17) is 5.11 Å². The van der Waals surface area contributed by atoms with Gasteiger partial charge in [0.1, 0.15) is 0 Å². The molecule has 0 saturated carbocycles. The standard InChI is InChI=1S/C13H23N3O3/c1-14-5-3-4-11(9-14)15(2)13(19)16-7-10(8-16)6-12(17)18/h10-11H,3-9H2,1-2H3,(H,17,18). The summed E-state index contributed by atoms with van der Waals surface area (Å²) in [6.07, 6.45) is 2.35. The van der Waals surface area contributed by atoms with Gasteiger partial charge >= 0.3 is 12.0 Å². The lowest BCUT2D eigenvalue weighted by Crippen LogP contribution is -2.58. The average Bonchev–Trinajstić information content (AvgIpc) is 2.31. The van der Waals surface area contributed by atoms with Gasteiger partial charge in [-0.1, -0.05) is 0 Å². The van der Waals surface area contributed by atoms with Crippen LogP contribution in [0, 0.1) is 5.92 Å². The first-order valence-electron chi connectivity index (χ1n) is 6.89. The van der Waals surface area contributed by atoms with Crippen molar-refractivity contribution in [1.29, 1.82) is 0 Å². The highest BCUT2D eigenvalue weighted by molar-refractivity contribution is 5.76. The van der Waals surface area contributed by atoms with Gasteiger partial charge < -0.3 is 19.8 Å². The van der Waals surface area contributed by atoms with Gasteiger partial charge in [0.25, 0.3) is 0 Å². The van der Waals surface area contributed by atoms with E-state index in [0.717, 1.165) is 25.9 Å². The molecule has 2 aliphatic heterocycles. The number of hydrogen-bond acceptors (Lipinski definition) is 3. The van der Waals surface area contributed by atoms with Gasteiger partial charge in [0, 0.05) is 38.6 Å². The van der Waals surface area contributed by atoms with Crippen LogP contribution >= 0.6 is 0 Å². The number of piperidine rings is 1. The van der Waals surface area contributed by atoms with Gasteiger partial charge in [-0.3, -0.25) is 4.79 Å². The van der Waals surface area contributed by atoms with Crippen molar-refractivity contribution < 1.29 is 14.7 Å². The highest BCUT2D eigenvalue weighted by Gasteiger charge is 2.35. The molecule has 1 atom stereocenters. The van der Waals surface area contributed by atoms with Crippen molar-refractivity contribution in [2.45, 2.75) is 25.3 Å². The Kier molecular flexibility index (Phi) is 4.29. The largest absolute Gasteiger partial charge is 0.481 e. The van der Waals surface area contributed by atoms with Crippen LogP contribution < -0.4 is 0 Å². The molecule has 0 radical (unpaired) electrons. The summed E-state index contributed by atoms with van der Waals surface area (Å²) in [5.74, 6) is -0.650. The molecule has 0 aromatic rings. The number of hydrogen-bond donors (Lipinski definition) is 1. The molecule has 2 amide bonds. The predicted octanol–water partition coefficient (Wildman–Crippen LogP) is 0.539. The van der Waals surface area contributed by atoms with Crippen molar-refractivity contribution in [1.82, 2.24) is 14.7 Å². The first kappa shape index (κ1) is 14.1. The molecule has 108 valence electrons. The first-order valence-corrected chi connectivity index (χ1v) is 6.89. The van der Waals surface area contributed by atoms with Crippen LogP contribution in [0.3, 0.4) is 0 Å². The third-order valence-corrected chi connectivity index (χ3v) is 4.14. The van der Waals surface area contributed by atoms with Gasteiger partial charge in [0.2, 0.25) is 0 Å². The molecule has 19 heavy (non-hydrogen) atoms. The summed E-state index contributed by atoms with van der Waals surface area (Å²) in [5.41, 5.74) is 0. The Bertz CT molecular complexity index is 355.